The minimum absolute atomic E-state index is 0.197. The van der Waals surface area contributed by atoms with E-state index in [0.717, 1.165) is 41.7 Å². The highest BCUT2D eigenvalue weighted by Crippen LogP contribution is 2.35. The van der Waals surface area contributed by atoms with Crippen molar-refractivity contribution in [1.82, 2.24) is 10.3 Å². The highest BCUT2D eigenvalue weighted by molar-refractivity contribution is 6.30. The van der Waals surface area contributed by atoms with Crippen LogP contribution in [0.5, 0.6) is 0 Å². The van der Waals surface area contributed by atoms with Gasteiger partial charge in [0.15, 0.2) is 0 Å². The Morgan fingerprint density at radius 2 is 1.86 bits per heavy atom. The summed E-state index contributed by atoms with van der Waals surface area (Å²) in [6, 6.07) is 11.1. The average molecular weight is 301 g/mol. The molecule has 1 aromatic heterocycles. The Labute approximate surface area is 126 Å². The maximum atomic E-state index is 14.2. The molecule has 2 N–H and O–H groups in total. The monoisotopic (exact) mass is 300 g/mol. The van der Waals surface area contributed by atoms with E-state index < -0.39 is 0 Å². The van der Waals surface area contributed by atoms with Crippen molar-refractivity contribution in [2.24, 2.45) is 0 Å². The molecule has 106 valence electrons. The molecule has 0 radical (unpaired) electrons. The van der Waals surface area contributed by atoms with E-state index in [0.29, 0.717) is 10.5 Å². The molecule has 4 heteroatoms. The molecule has 0 saturated carbocycles. The summed E-state index contributed by atoms with van der Waals surface area (Å²) in [5.41, 5.74) is 5.03. The van der Waals surface area contributed by atoms with Crippen LogP contribution in [0, 0.1) is 5.82 Å². The van der Waals surface area contributed by atoms with E-state index in [1.807, 2.05) is 30.3 Å². The van der Waals surface area contributed by atoms with Crippen LogP contribution in [0.3, 0.4) is 0 Å². The van der Waals surface area contributed by atoms with E-state index >= 15 is 0 Å². The van der Waals surface area contributed by atoms with Crippen molar-refractivity contribution < 1.29 is 4.39 Å². The first-order valence-electron chi connectivity index (χ1n) is 7.02. The molecule has 0 unspecified atom stereocenters. The van der Waals surface area contributed by atoms with Crippen LogP contribution in [0.1, 0.15) is 11.3 Å². The zero-order valence-electron chi connectivity index (χ0n) is 11.3. The van der Waals surface area contributed by atoms with Crippen LogP contribution in [0.4, 0.5) is 4.39 Å². The number of fused-ring (bicyclic) bond motifs is 3. The molecule has 0 fully saturated rings. The molecule has 0 atom stereocenters. The van der Waals surface area contributed by atoms with E-state index in [9.17, 15) is 4.39 Å². The summed E-state index contributed by atoms with van der Waals surface area (Å²) < 4.78 is 14.2. The zero-order chi connectivity index (χ0) is 14.4. The molecular weight excluding hydrogens is 287 g/mol. The lowest BCUT2D eigenvalue weighted by atomic mass is 9.97. The fourth-order valence-electron chi connectivity index (χ4n) is 3.10. The smallest absolute Gasteiger partial charge is 0.147 e. The Balaban J connectivity index is 2.03. The lowest BCUT2D eigenvalue weighted by molar-refractivity contribution is 0.633. The second-order valence-corrected chi connectivity index (χ2v) is 5.80. The Kier molecular flexibility index (Phi) is 2.98. The standard InChI is InChI=1S/C17H14ClFN2/c18-11-3-1-10(2-4-11)12-5-6-14(19)17-16(12)13-9-20-8-7-15(13)21-17/h1-6,20-21H,7-9H2. The molecule has 2 nitrogen and oxygen atoms in total. The van der Waals surface area contributed by atoms with Gasteiger partial charge in [-0.05, 0) is 34.9 Å². The first-order valence-corrected chi connectivity index (χ1v) is 7.40. The van der Waals surface area contributed by atoms with Gasteiger partial charge in [-0.25, -0.2) is 4.39 Å². The summed E-state index contributed by atoms with van der Waals surface area (Å²) in [6.07, 6.45) is 0.906. The molecule has 0 aliphatic carbocycles. The van der Waals surface area contributed by atoms with Gasteiger partial charge < -0.3 is 10.3 Å². The molecule has 2 heterocycles. The first-order chi connectivity index (χ1) is 10.2. The highest BCUT2D eigenvalue weighted by Gasteiger charge is 2.20. The second kappa shape index (κ2) is 4.86. The van der Waals surface area contributed by atoms with Gasteiger partial charge in [-0.3, -0.25) is 0 Å². The summed E-state index contributed by atoms with van der Waals surface area (Å²) in [6.45, 7) is 1.71. The van der Waals surface area contributed by atoms with Crippen molar-refractivity contribution >= 4 is 22.5 Å². The Hall–Kier alpha value is -1.84. The van der Waals surface area contributed by atoms with Gasteiger partial charge in [0.1, 0.15) is 5.82 Å². The molecule has 3 aromatic rings. The third-order valence-corrected chi connectivity index (χ3v) is 4.36. The second-order valence-electron chi connectivity index (χ2n) is 5.36. The molecule has 0 spiro atoms. The minimum atomic E-state index is -0.197. The van der Waals surface area contributed by atoms with Crippen LogP contribution >= 0.6 is 11.6 Å². The van der Waals surface area contributed by atoms with Crippen molar-refractivity contribution in [3.63, 3.8) is 0 Å². The third kappa shape index (κ3) is 2.04. The van der Waals surface area contributed by atoms with Gasteiger partial charge in [0.05, 0.1) is 5.52 Å². The molecule has 0 amide bonds. The molecule has 4 rings (SSSR count). The van der Waals surface area contributed by atoms with Crippen LogP contribution in [-0.2, 0) is 13.0 Å². The maximum absolute atomic E-state index is 14.2. The number of hydrogen-bond acceptors (Lipinski definition) is 1. The Morgan fingerprint density at radius 3 is 2.67 bits per heavy atom. The SMILES string of the molecule is Fc1ccc(-c2ccc(Cl)cc2)c2c3c([nH]c12)CCNC3. The largest absolute Gasteiger partial charge is 0.356 e. The fraction of sp³-hybridized carbons (Fsp3) is 0.176. The predicted octanol–water partition coefficient (Wildman–Crippen LogP) is 4.27. The summed E-state index contributed by atoms with van der Waals surface area (Å²) in [5.74, 6) is -0.197. The zero-order valence-corrected chi connectivity index (χ0v) is 12.1. The molecule has 0 bridgehead atoms. The van der Waals surface area contributed by atoms with Crippen LogP contribution in [0.15, 0.2) is 36.4 Å². The number of rotatable bonds is 1. The molecular formula is C17H14ClFN2. The Morgan fingerprint density at radius 1 is 1.05 bits per heavy atom. The van der Waals surface area contributed by atoms with Gasteiger partial charge in [0, 0.05) is 35.6 Å². The van der Waals surface area contributed by atoms with E-state index in [4.69, 9.17) is 11.6 Å². The topological polar surface area (TPSA) is 27.8 Å². The quantitative estimate of drug-likeness (QED) is 0.690. The van der Waals surface area contributed by atoms with Gasteiger partial charge in [-0.15, -0.1) is 0 Å². The van der Waals surface area contributed by atoms with Crippen molar-refractivity contribution in [1.29, 1.82) is 0 Å². The number of nitrogens with one attached hydrogen (secondary N) is 2. The van der Waals surface area contributed by atoms with Gasteiger partial charge in [-0.1, -0.05) is 29.8 Å². The summed E-state index contributed by atoms with van der Waals surface area (Å²) in [4.78, 5) is 3.26. The lowest BCUT2D eigenvalue weighted by Crippen LogP contribution is -2.22. The fourth-order valence-corrected chi connectivity index (χ4v) is 3.22. The maximum Gasteiger partial charge on any atom is 0.147 e. The molecule has 2 aromatic carbocycles. The number of aromatic nitrogens is 1. The van der Waals surface area contributed by atoms with Gasteiger partial charge >= 0.3 is 0 Å². The number of aromatic amines is 1. The van der Waals surface area contributed by atoms with Crippen molar-refractivity contribution in [3.8, 4) is 11.1 Å². The van der Waals surface area contributed by atoms with E-state index in [-0.39, 0.29) is 5.82 Å². The normalized spacial score (nSPS) is 14.4. The minimum Gasteiger partial charge on any atom is -0.356 e. The summed E-state index contributed by atoms with van der Waals surface area (Å²) >= 11 is 5.96. The summed E-state index contributed by atoms with van der Waals surface area (Å²) in [7, 11) is 0. The van der Waals surface area contributed by atoms with E-state index in [1.54, 1.807) is 0 Å². The van der Waals surface area contributed by atoms with E-state index in [1.165, 1.54) is 11.6 Å². The molecule has 21 heavy (non-hydrogen) atoms. The van der Waals surface area contributed by atoms with Gasteiger partial charge in [-0.2, -0.15) is 0 Å². The predicted molar refractivity (Wildman–Crippen MR) is 84.1 cm³/mol. The molecule has 1 aliphatic heterocycles. The van der Waals surface area contributed by atoms with Gasteiger partial charge in [0.2, 0.25) is 0 Å². The Bertz CT molecular complexity index is 821. The van der Waals surface area contributed by atoms with Crippen molar-refractivity contribution in [2.45, 2.75) is 13.0 Å². The molecule has 0 saturated heterocycles. The van der Waals surface area contributed by atoms with Crippen LogP contribution < -0.4 is 5.32 Å². The van der Waals surface area contributed by atoms with Crippen LogP contribution in [-0.4, -0.2) is 11.5 Å². The first kappa shape index (κ1) is 12.9. The lowest BCUT2D eigenvalue weighted by Gasteiger charge is -2.14. The van der Waals surface area contributed by atoms with Gasteiger partial charge in [0.25, 0.3) is 0 Å². The highest BCUT2D eigenvalue weighted by atomic mass is 35.5. The third-order valence-electron chi connectivity index (χ3n) is 4.11. The average Bonchev–Trinajstić information content (AvgIpc) is 2.90. The van der Waals surface area contributed by atoms with Crippen LogP contribution in [0.25, 0.3) is 22.0 Å². The van der Waals surface area contributed by atoms with Crippen molar-refractivity contribution in [3.05, 3.63) is 58.5 Å². The van der Waals surface area contributed by atoms with E-state index in [2.05, 4.69) is 10.3 Å². The number of benzene rings is 2. The number of halogens is 2. The molecule has 1 aliphatic rings. The van der Waals surface area contributed by atoms with Crippen LogP contribution in [0.2, 0.25) is 5.02 Å². The number of H-pyrrole nitrogens is 1. The summed E-state index contributed by atoms with van der Waals surface area (Å²) in [5, 5.41) is 5.05. The number of hydrogen-bond donors (Lipinski definition) is 2. The van der Waals surface area contributed by atoms with Crippen molar-refractivity contribution in [2.75, 3.05) is 6.54 Å².